The number of aryl methyl sites for hydroxylation is 1. The highest BCUT2D eigenvalue weighted by molar-refractivity contribution is 6.64. The van der Waals surface area contributed by atoms with E-state index in [-0.39, 0.29) is 11.2 Å². The molecule has 3 aromatic rings. The molecule has 0 aliphatic rings. The Hall–Kier alpha value is -3.17. The third-order valence-corrected chi connectivity index (χ3v) is 5.32. The molecule has 1 unspecified atom stereocenters. The van der Waals surface area contributed by atoms with Crippen molar-refractivity contribution in [1.82, 2.24) is 0 Å². The quantitative estimate of drug-likeness (QED) is 0.256. The topological polar surface area (TPSA) is 50.7 Å². The van der Waals surface area contributed by atoms with Gasteiger partial charge >= 0.3 is 0 Å². The summed E-state index contributed by atoms with van der Waals surface area (Å²) < 4.78 is 0. The maximum atomic E-state index is 5.93. The summed E-state index contributed by atoms with van der Waals surface area (Å²) in [7, 11) is 0. The molecular weight excluding hydrogens is 390 g/mol. The fraction of sp³-hybridized carbons (Fsp3) is 0.154. The zero-order chi connectivity index (χ0) is 21.7. The van der Waals surface area contributed by atoms with Gasteiger partial charge in [0.1, 0.15) is 0 Å². The Kier molecular flexibility index (Phi) is 6.86. The molecule has 0 radical (unpaired) electrons. The van der Waals surface area contributed by atoms with E-state index in [0.29, 0.717) is 5.69 Å². The number of nitrogens with zero attached hydrogens (tertiary/aromatic N) is 2. The maximum absolute atomic E-state index is 5.93. The molecule has 0 aliphatic heterocycles. The van der Waals surface area contributed by atoms with E-state index in [0.717, 1.165) is 39.2 Å². The predicted octanol–water partition coefficient (Wildman–Crippen LogP) is 7.29. The summed E-state index contributed by atoms with van der Waals surface area (Å²) in [6.07, 6.45) is 0. The number of hydrogen-bond acceptors (Lipinski definition) is 2. The highest BCUT2D eigenvalue weighted by atomic mass is 35.5. The zero-order valence-corrected chi connectivity index (χ0v) is 18.3. The van der Waals surface area contributed by atoms with Gasteiger partial charge in [0, 0.05) is 17.2 Å². The lowest BCUT2D eigenvalue weighted by Crippen LogP contribution is -2.10. The molecular formula is C26H26ClN3. The molecule has 1 atom stereocenters. The van der Waals surface area contributed by atoms with E-state index in [2.05, 4.69) is 49.7 Å². The molecule has 0 saturated heterocycles. The van der Waals surface area contributed by atoms with E-state index in [4.69, 9.17) is 22.3 Å². The summed E-state index contributed by atoms with van der Waals surface area (Å²) in [5.74, 6) is -0.0000293. The molecule has 0 aliphatic carbocycles. The summed E-state index contributed by atoms with van der Waals surface area (Å²) in [6.45, 7) is 10.6. The summed E-state index contributed by atoms with van der Waals surface area (Å²) in [5, 5.41) is -0.00721. The lowest BCUT2D eigenvalue weighted by atomic mass is 9.86. The van der Waals surface area contributed by atoms with Crippen molar-refractivity contribution in [3.8, 4) is 11.1 Å². The zero-order valence-electron chi connectivity index (χ0n) is 17.6. The van der Waals surface area contributed by atoms with Crippen molar-refractivity contribution in [1.29, 1.82) is 0 Å². The van der Waals surface area contributed by atoms with Gasteiger partial charge < -0.3 is 5.73 Å². The third kappa shape index (κ3) is 4.87. The molecule has 0 saturated carbocycles. The lowest BCUT2D eigenvalue weighted by Gasteiger charge is -2.20. The summed E-state index contributed by atoms with van der Waals surface area (Å²) >= 11 is 5.93. The Morgan fingerprint density at radius 2 is 1.53 bits per heavy atom. The minimum absolute atomic E-state index is 0.0000293. The maximum Gasteiger partial charge on any atom is 0.193 e. The number of hydrogen-bond donors (Lipinski definition) is 1. The fourth-order valence-corrected chi connectivity index (χ4v) is 3.48. The van der Waals surface area contributed by atoms with Gasteiger partial charge in [0.05, 0.1) is 11.4 Å². The van der Waals surface area contributed by atoms with Gasteiger partial charge in [-0.2, -0.15) is 0 Å². The van der Waals surface area contributed by atoms with Crippen LogP contribution in [0.4, 0.5) is 11.4 Å². The van der Waals surface area contributed by atoms with Crippen LogP contribution < -0.4 is 5.73 Å². The number of aliphatic imine (C=N–C) groups is 2. The van der Waals surface area contributed by atoms with Gasteiger partial charge in [0.15, 0.2) is 5.29 Å². The molecule has 152 valence electrons. The van der Waals surface area contributed by atoms with Crippen LogP contribution in [0.1, 0.15) is 25.0 Å². The molecule has 4 heteroatoms. The monoisotopic (exact) mass is 415 g/mol. The number of amidine groups is 1. The molecule has 3 nitrogen and oxygen atoms in total. The second kappa shape index (κ2) is 9.55. The number of allylic oxidation sites excluding steroid dienone is 1. The van der Waals surface area contributed by atoms with Crippen LogP contribution >= 0.6 is 11.6 Å². The molecule has 0 heterocycles. The van der Waals surface area contributed by atoms with Crippen molar-refractivity contribution < 1.29 is 0 Å². The van der Waals surface area contributed by atoms with E-state index in [1.165, 1.54) is 0 Å². The number of halogens is 1. The number of rotatable bonds is 6. The van der Waals surface area contributed by atoms with E-state index in [9.17, 15) is 0 Å². The van der Waals surface area contributed by atoms with Gasteiger partial charge in [-0.25, -0.2) is 4.99 Å². The number of benzene rings is 3. The standard InChI is InChI=1S/C26H26ClN3/c1-17-11-8-9-15-23(17)29-20(4)18(2)19(3)25-22(21-12-6-5-7-13-21)14-10-16-24(25)30-26(27)28/h5-16,18H,3H2,1-2,4H3,(H2,28,30). The molecule has 0 amide bonds. The van der Waals surface area contributed by atoms with E-state index in [1.54, 1.807) is 0 Å². The van der Waals surface area contributed by atoms with E-state index >= 15 is 0 Å². The Bertz CT molecular complexity index is 1110. The van der Waals surface area contributed by atoms with Crippen molar-refractivity contribution in [2.24, 2.45) is 21.6 Å². The minimum Gasteiger partial charge on any atom is -0.374 e. The smallest absolute Gasteiger partial charge is 0.193 e. The highest BCUT2D eigenvalue weighted by Crippen LogP contribution is 2.39. The lowest BCUT2D eigenvalue weighted by molar-refractivity contribution is 1.01. The molecule has 3 aromatic carbocycles. The summed E-state index contributed by atoms with van der Waals surface area (Å²) in [4.78, 5) is 9.23. The van der Waals surface area contributed by atoms with Crippen LogP contribution in [0.5, 0.6) is 0 Å². The molecule has 30 heavy (non-hydrogen) atoms. The average Bonchev–Trinajstić information content (AvgIpc) is 2.74. The first-order valence-electron chi connectivity index (χ1n) is 9.86. The highest BCUT2D eigenvalue weighted by Gasteiger charge is 2.20. The van der Waals surface area contributed by atoms with Crippen LogP contribution in [0.2, 0.25) is 0 Å². The first-order valence-corrected chi connectivity index (χ1v) is 10.2. The van der Waals surface area contributed by atoms with Crippen LogP contribution in [0, 0.1) is 12.8 Å². The summed E-state index contributed by atoms with van der Waals surface area (Å²) in [5.41, 5.74) is 13.4. The second-order valence-electron chi connectivity index (χ2n) is 7.29. The first-order chi connectivity index (χ1) is 14.4. The second-order valence-corrected chi connectivity index (χ2v) is 7.67. The summed E-state index contributed by atoms with van der Waals surface area (Å²) in [6, 6.07) is 24.2. The van der Waals surface area contributed by atoms with Gasteiger partial charge in [0.25, 0.3) is 0 Å². The SMILES string of the molecule is C=C(c1c(N=C(N)Cl)cccc1-c1ccccc1)C(C)C(C)=Nc1ccccc1C. The largest absolute Gasteiger partial charge is 0.374 e. The van der Waals surface area contributed by atoms with Gasteiger partial charge in [-0.3, -0.25) is 4.99 Å². The number of nitrogens with two attached hydrogens (primary N) is 1. The van der Waals surface area contributed by atoms with Crippen molar-refractivity contribution in [2.45, 2.75) is 20.8 Å². The molecule has 0 aromatic heterocycles. The number of para-hydroxylation sites is 1. The van der Waals surface area contributed by atoms with Crippen LogP contribution in [0.25, 0.3) is 16.7 Å². The Balaban J connectivity index is 2.10. The normalized spacial score (nSPS) is 13.2. The molecule has 3 rings (SSSR count). The van der Waals surface area contributed by atoms with Crippen molar-refractivity contribution >= 4 is 39.6 Å². The van der Waals surface area contributed by atoms with Crippen LogP contribution in [-0.2, 0) is 0 Å². The molecule has 0 bridgehead atoms. The Morgan fingerprint density at radius 1 is 0.900 bits per heavy atom. The Morgan fingerprint density at radius 3 is 2.20 bits per heavy atom. The van der Waals surface area contributed by atoms with Gasteiger partial charge in [-0.1, -0.05) is 74.2 Å². The van der Waals surface area contributed by atoms with Crippen molar-refractivity contribution in [3.05, 3.63) is 90.5 Å². The fourth-order valence-electron chi connectivity index (χ4n) is 3.39. The molecule has 2 N–H and O–H groups in total. The predicted molar refractivity (Wildman–Crippen MR) is 131 cm³/mol. The van der Waals surface area contributed by atoms with Gasteiger partial charge in [-0.05, 0) is 59.8 Å². The first kappa shape index (κ1) is 21.5. The van der Waals surface area contributed by atoms with Gasteiger partial charge in [-0.15, -0.1) is 0 Å². The van der Waals surface area contributed by atoms with Crippen molar-refractivity contribution in [2.75, 3.05) is 0 Å². The molecule has 0 spiro atoms. The minimum atomic E-state index is -0.00721. The van der Waals surface area contributed by atoms with Gasteiger partial charge in [0.2, 0.25) is 0 Å². The Labute approximate surface area is 183 Å². The average molecular weight is 416 g/mol. The van der Waals surface area contributed by atoms with Crippen LogP contribution in [0.15, 0.2) is 89.4 Å². The third-order valence-electron chi connectivity index (χ3n) is 5.24. The van der Waals surface area contributed by atoms with Crippen molar-refractivity contribution in [3.63, 3.8) is 0 Å². The van der Waals surface area contributed by atoms with Crippen LogP contribution in [-0.4, -0.2) is 11.0 Å². The van der Waals surface area contributed by atoms with Crippen LogP contribution in [0.3, 0.4) is 0 Å². The van der Waals surface area contributed by atoms with E-state index in [1.807, 2.05) is 55.5 Å². The molecule has 0 fully saturated rings. The van der Waals surface area contributed by atoms with E-state index < -0.39 is 0 Å².